The number of fused-ring (bicyclic) bond motifs is 1. The SMILES string of the molecule is Cc1ccc(-c2ccc(N)c(NC(=O)N3C[C@@H]4C(CN5CCN(C)CC5)[C@@H]4C3)n2)cc1. The van der Waals surface area contributed by atoms with E-state index in [0.29, 0.717) is 23.3 Å². The van der Waals surface area contributed by atoms with Crippen LogP contribution in [-0.4, -0.2) is 78.6 Å². The summed E-state index contributed by atoms with van der Waals surface area (Å²) in [7, 11) is 2.19. The Kier molecular flexibility index (Phi) is 5.32. The number of carbonyl (C=O) groups excluding carboxylic acids is 1. The van der Waals surface area contributed by atoms with E-state index in [-0.39, 0.29) is 6.03 Å². The number of hydrogen-bond acceptors (Lipinski definition) is 5. The third kappa shape index (κ3) is 4.25. The summed E-state index contributed by atoms with van der Waals surface area (Å²) in [5, 5.41) is 2.95. The molecule has 1 saturated carbocycles. The number of nitrogens with two attached hydrogens (primary N) is 1. The molecule has 7 nitrogen and oxygen atoms in total. The molecule has 0 spiro atoms. The van der Waals surface area contributed by atoms with Gasteiger partial charge in [-0.25, -0.2) is 9.78 Å². The van der Waals surface area contributed by atoms with Gasteiger partial charge in [0.2, 0.25) is 0 Å². The van der Waals surface area contributed by atoms with E-state index < -0.39 is 0 Å². The fourth-order valence-corrected chi connectivity index (χ4v) is 5.05. The van der Waals surface area contributed by atoms with E-state index in [1.165, 1.54) is 25.2 Å². The molecule has 2 aromatic rings. The van der Waals surface area contributed by atoms with Crippen LogP contribution < -0.4 is 11.1 Å². The van der Waals surface area contributed by atoms with E-state index in [0.717, 1.165) is 43.4 Å². The van der Waals surface area contributed by atoms with Gasteiger partial charge in [-0.3, -0.25) is 5.32 Å². The van der Waals surface area contributed by atoms with E-state index in [1.807, 2.05) is 29.2 Å². The molecule has 1 aromatic carbocycles. The molecule has 5 rings (SSSR count). The first-order chi connectivity index (χ1) is 15.0. The Labute approximate surface area is 184 Å². The Balaban J connectivity index is 1.17. The molecule has 3 atom stereocenters. The number of piperazine rings is 1. The van der Waals surface area contributed by atoms with Crippen molar-refractivity contribution in [2.24, 2.45) is 17.8 Å². The van der Waals surface area contributed by atoms with Crippen molar-refractivity contribution < 1.29 is 4.79 Å². The smallest absolute Gasteiger partial charge is 0.323 e. The monoisotopic (exact) mass is 420 g/mol. The van der Waals surface area contributed by atoms with Crippen LogP contribution in [0.25, 0.3) is 11.3 Å². The molecule has 164 valence electrons. The first-order valence-corrected chi connectivity index (χ1v) is 11.3. The van der Waals surface area contributed by atoms with Crippen LogP contribution in [0.3, 0.4) is 0 Å². The van der Waals surface area contributed by atoms with Crippen LogP contribution >= 0.6 is 0 Å². The standard InChI is InChI=1S/C24H32N6O/c1-16-3-5-17(6-4-16)22-8-7-21(25)23(26-22)27-24(31)30-14-19-18(20(19)15-30)13-29-11-9-28(2)10-12-29/h3-8,18-20H,9-15,25H2,1-2H3,(H,26,27,31)/t18?,19-,20+. The predicted molar refractivity (Wildman–Crippen MR) is 124 cm³/mol. The molecule has 1 unspecified atom stereocenters. The van der Waals surface area contributed by atoms with Gasteiger partial charge in [-0.1, -0.05) is 29.8 Å². The molecule has 3 N–H and O–H groups in total. The van der Waals surface area contributed by atoms with E-state index in [2.05, 4.69) is 46.2 Å². The van der Waals surface area contributed by atoms with Gasteiger partial charge >= 0.3 is 6.03 Å². The summed E-state index contributed by atoms with van der Waals surface area (Å²) in [6.45, 7) is 9.57. The fraction of sp³-hybridized carbons (Fsp3) is 0.500. The van der Waals surface area contributed by atoms with Crippen molar-refractivity contribution in [2.45, 2.75) is 6.92 Å². The van der Waals surface area contributed by atoms with Gasteiger partial charge in [0.05, 0.1) is 11.4 Å². The molecule has 3 fully saturated rings. The van der Waals surface area contributed by atoms with Crippen molar-refractivity contribution in [3.63, 3.8) is 0 Å². The van der Waals surface area contributed by atoms with Crippen molar-refractivity contribution >= 4 is 17.5 Å². The normalized spacial score (nSPS) is 26.0. The van der Waals surface area contributed by atoms with Crippen molar-refractivity contribution in [3.8, 4) is 11.3 Å². The van der Waals surface area contributed by atoms with Crippen molar-refractivity contribution in [1.82, 2.24) is 19.7 Å². The summed E-state index contributed by atoms with van der Waals surface area (Å²) in [5.41, 5.74) is 9.61. The van der Waals surface area contributed by atoms with Crippen LogP contribution in [0.5, 0.6) is 0 Å². The summed E-state index contributed by atoms with van der Waals surface area (Å²) in [4.78, 5) is 24.4. The highest BCUT2D eigenvalue weighted by Crippen LogP contribution is 2.52. The van der Waals surface area contributed by atoms with E-state index in [9.17, 15) is 4.79 Å². The summed E-state index contributed by atoms with van der Waals surface area (Å²) >= 11 is 0. The molecule has 1 aromatic heterocycles. The van der Waals surface area contributed by atoms with Gasteiger partial charge in [0, 0.05) is 51.4 Å². The predicted octanol–water partition coefficient (Wildman–Crippen LogP) is 2.60. The average Bonchev–Trinajstić information content (AvgIpc) is 3.18. The Morgan fingerprint density at radius 1 is 1.06 bits per heavy atom. The highest BCUT2D eigenvalue weighted by molar-refractivity contribution is 5.92. The molecule has 0 radical (unpaired) electrons. The summed E-state index contributed by atoms with van der Waals surface area (Å²) in [6.07, 6.45) is 0. The molecule has 2 amide bonds. The number of pyridine rings is 1. The largest absolute Gasteiger partial charge is 0.396 e. The zero-order valence-electron chi connectivity index (χ0n) is 18.4. The number of likely N-dealkylation sites (tertiary alicyclic amines) is 1. The summed E-state index contributed by atoms with van der Waals surface area (Å²) < 4.78 is 0. The fourth-order valence-electron chi connectivity index (χ4n) is 5.05. The number of anilines is 2. The number of rotatable bonds is 4. The van der Waals surface area contributed by atoms with Crippen LogP contribution in [0.2, 0.25) is 0 Å². The molecular formula is C24H32N6O. The molecule has 7 heteroatoms. The lowest BCUT2D eigenvalue weighted by Gasteiger charge is -2.33. The number of carbonyl (C=O) groups is 1. The van der Waals surface area contributed by atoms with Gasteiger partial charge in [-0.15, -0.1) is 0 Å². The topological polar surface area (TPSA) is 77.7 Å². The van der Waals surface area contributed by atoms with E-state index >= 15 is 0 Å². The van der Waals surface area contributed by atoms with Crippen LogP contribution in [0.4, 0.5) is 16.3 Å². The number of urea groups is 1. The highest BCUT2D eigenvalue weighted by atomic mass is 16.2. The quantitative estimate of drug-likeness (QED) is 0.795. The van der Waals surface area contributed by atoms with Crippen LogP contribution in [0, 0.1) is 24.7 Å². The molecule has 2 aliphatic heterocycles. The molecule has 2 saturated heterocycles. The lowest BCUT2D eigenvalue weighted by Crippen LogP contribution is -2.45. The lowest BCUT2D eigenvalue weighted by molar-refractivity contribution is 0.141. The zero-order valence-corrected chi connectivity index (χ0v) is 18.4. The third-order valence-corrected chi connectivity index (χ3v) is 7.22. The van der Waals surface area contributed by atoms with E-state index in [4.69, 9.17) is 5.73 Å². The number of piperidine rings is 1. The van der Waals surface area contributed by atoms with Gasteiger partial charge in [-0.05, 0) is 43.9 Å². The maximum atomic E-state index is 12.9. The molecule has 0 bridgehead atoms. The van der Waals surface area contributed by atoms with Crippen molar-refractivity contribution in [1.29, 1.82) is 0 Å². The highest BCUT2D eigenvalue weighted by Gasteiger charge is 2.56. The first-order valence-electron chi connectivity index (χ1n) is 11.3. The summed E-state index contributed by atoms with van der Waals surface area (Å²) in [6, 6.07) is 11.8. The number of aromatic nitrogens is 1. The number of amides is 2. The minimum absolute atomic E-state index is 0.0918. The maximum Gasteiger partial charge on any atom is 0.323 e. The number of nitrogens with one attached hydrogen (secondary N) is 1. The number of aryl methyl sites for hydroxylation is 1. The minimum atomic E-state index is -0.0918. The van der Waals surface area contributed by atoms with Gasteiger partial charge in [-0.2, -0.15) is 0 Å². The average molecular weight is 421 g/mol. The Morgan fingerprint density at radius 3 is 2.42 bits per heavy atom. The third-order valence-electron chi connectivity index (χ3n) is 7.22. The molecule has 1 aliphatic carbocycles. The second-order valence-corrected chi connectivity index (χ2v) is 9.43. The van der Waals surface area contributed by atoms with Crippen LogP contribution in [0.15, 0.2) is 36.4 Å². The Hall–Kier alpha value is -2.64. The lowest BCUT2D eigenvalue weighted by atomic mass is 10.1. The number of likely N-dealkylation sites (N-methyl/N-ethyl adjacent to an activating group) is 1. The molecule has 31 heavy (non-hydrogen) atoms. The Morgan fingerprint density at radius 2 is 1.74 bits per heavy atom. The minimum Gasteiger partial charge on any atom is -0.396 e. The molecular weight excluding hydrogens is 388 g/mol. The zero-order chi connectivity index (χ0) is 21.5. The number of nitrogen functional groups attached to an aromatic ring is 1. The van der Waals surface area contributed by atoms with Crippen LogP contribution in [0.1, 0.15) is 5.56 Å². The number of hydrogen-bond donors (Lipinski definition) is 2. The number of nitrogens with zero attached hydrogens (tertiary/aromatic N) is 4. The number of benzene rings is 1. The molecule has 3 heterocycles. The molecule has 3 aliphatic rings. The summed E-state index contributed by atoms with van der Waals surface area (Å²) in [5.74, 6) is 2.49. The van der Waals surface area contributed by atoms with Gasteiger partial charge in [0.25, 0.3) is 0 Å². The van der Waals surface area contributed by atoms with E-state index in [1.54, 1.807) is 0 Å². The Bertz CT molecular complexity index is 941. The second-order valence-electron chi connectivity index (χ2n) is 9.43. The van der Waals surface area contributed by atoms with Gasteiger partial charge < -0.3 is 20.4 Å². The van der Waals surface area contributed by atoms with Crippen molar-refractivity contribution in [2.75, 3.05) is 63.9 Å². The second kappa shape index (κ2) is 8.13. The van der Waals surface area contributed by atoms with Gasteiger partial charge in [0.1, 0.15) is 0 Å². The van der Waals surface area contributed by atoms with Crippen LogP contribution in [-0.2, 0) is 0 Å². The first kappa shape index (κ1) is 20.3. The van der Waals surface area contributed by atoms with Crippen molar-refractivity contribution in [3.05, 3.63) is 42.0 Å². The van der Waals surface area contributed by atoms with Gasteiger partial charge in [0.15, 0.2) is 5.82 Å². The maximum absolute atomic E-state index is 12.9.